The van der Waals surface area contributed by atoms with E-state index in [1.165, 1.54) is 0 Å². The molecule has 1 aliphatic rings. The van der Waals surface area contributed by atoms with Crippen molar-refractivity contribution in [2.24, 2.45) is 0 Å². The van der Waals surface area contributed by atoms with Crippen LogP contribution in [0.4, 0.5) is 0 Å². The molecule has 0 N–H and O–H groups in total. The summed E-state index contributed by atoms with van der Waals surface area (Å²) in [6.45, 7) is 2.73. The van der Waals surface area contributed by atoms with Gasteiger partial charge in [0, 0.05) is 15.8 Å². The van der Waals surface area contributed by atoms with Crippen molar-refractivity contribution in [1.29, 1.82) is 0 Å². The number of hydrogen-bond acceptors (Lipinski definition) is 2. The Labute approximate surface area is 88.5 Å². The fourth-order valence-corrected chi connectivity index (χ4v) is 1.97. The van der Waals surface area contributed by atoms with Crippen molar-refractivity contribution in [3.63, 3.8) is 0 Å². The maximum absolute atomic E-state index is 5.99. The third-order valence-corrected chi connectivity index (χ3v) is 3.24. The van der Waals surface area contributed by atoms with Gasteiger partial charge in [-0.3, -0.25) is 0 Å². The van der Waals surface area contributed by atoms with E-state index < -0.39 is 0 Å². The molecule has 0 spiro atoms. The number of fused-ring (bicyclic) bond motifs is 1. The molecule has 2 rings (SSSR count). The summed E-state index contributed by atoms with van der Waals surface area (Å²) in [6.07, 6.45) is 0.969. The number of halogens is 1. The number of ether oxygens (including phenoxy) is 1. The molecule has 1 aromatic carbocycles. The number of hydrogen-bond donors (Lipinski definition) is 1. The van der Waals surface area contributed by atoms with Crippen LogP contribution in [-0.2, 0) is 0 Å². The van der Waals surface area contributed by atoms with E-state index in [2.05, 4.69) is 18.7 Å². The van der Waals surface area contributed by atoms with Crippen LogP contribution in [0.3, 0.4) is 0 Å². The zero-order valence-corrected chi connectivity index (χ0v) is 9.03. The van der Waals surface area contributed by atoms with Gasteiger partial charge >= 0.3 is 0 Å². The first kappa shape index (κ1) is 9.22. The average molecular weight is 215 g/mol. The molecule has 1 aliphatic heterocycles. The molecule has 1 unspecified atom stereocenters. The van der Waals surface area contributed by atoms with E-state index in [1.54, 1.807) is 0 Å². The van der Waals surface area contributed by atoms with Gasteiger partial charge in [0.25, 0.3) is 0 Å². The molecular weight excluding hydrogens is 204 g/mol. The van der Waals surface area contributed by atoms with E-state index in [-0.39, 0.29) is 0 Å². The monoisotopic (exact) mass is 214 g/mol. The molecule has 0 radical (unpaired) electrons. The molecule has 0 saturated carbocycles. The largest absolute Gasteiger partial charge is 0.493 e. The molecule has 0 bridgehead atoms. The summed E-state index contributed by atoms with van der Waals surface area (Å²) < 4.78 is 5.50. The van der Waals surface area contributed by atoms with Crippen LogP contribution >= 0.6 is 24.2 Å². The van der Waals surface area contributed by atoms with Crippen LogP contribution in [0, 0.1) is 6.92 Å². The minimum Gasteiger partial charge on any atom is -0.493 e. The van der Waals surface area contributed by atoms with Gasteiger partial charge in [0.05, 0.1) is 6.61 Å². The first-order valence-electron chi connectivity index (χ1n) is 4.29. The highest BCUT2D eigenvalue weighted by molar-refractivity contribution is 7.80. The maximum atomic E-state index is 5.99. The van der Waals surface area contributed by atoms with Crippen molar-refractivity contribution in [2.75, 3.05) is 6.61 Å². The maximum Gasteiger partial charge on any atom is 0.125 e. The second-order valence-electron chi connectivity index (χ2n) is 3.29. The molecule has 3 heteroatoms. The van der Waals surface area contributed by atoms with Crippen molar-refractivity contribution in [3.05, 3.63) is 28.3 Å². The lowest BCUT2D eigenvalue weighted by atomic mass is 10.0. The predicted octanol–water partition coefficient (Wildman–Crippen LogP) is 3.40. The highest BCUT2D eigenvalue weighted by Crippen LogP contribution is 2.38. The van der Waals surface area contributed by atoms with Gasteiger partial charge in [0.2, 0.25) is 0 Å². The van der Waals surface area contributed by atoms with E-state index in [9.17, 15) is 0 Å². The Bertz CT molecular complexity index is 338. The molecule has 70 valence electrons. The SMILES string of the molecule is Cc1cc2c(cc1Cl)OCCC2S. The van der Waals surface area contributed by atoms with Crippen molar-refractivity contribution < 1.29 is 4.74 Å². The van der Waals surface area contributed by atoms with Gasteiger partial charge in [-0.1, -0.05) is 11.6 Å². The summed E-state index contributed by atoms with van der Waals surface area (Å²) in [7, 11) is 0. The number of aryl methyl sites for hydroxylation is 1. The Kier molecular flexibility index (Phi) is 2.43. The van der Waals surface area contributed by atoms with Crippen molar-refractivity contribution >= 4 is 24.2 Å². The van der Waals surface area contributed by atoms with Crippen LogP contribution in [0.15, 0.2) is 12.1 Å². The van der Waals surface area contributed by atoms with Crippen LogP contribution in [0.25, 0.3) is 0 Å². The third kappa shape index (κ3) is 1.65. The van der Waals surface area contributed by atoms with E-state index in [1.807, 2.05) is 13.0 Å². The minimum absolute atomic E-state index is 0.291. The van der Waals surface area contributed by atoms with Crippen LogP contribution in [-0.4, -0.2) is 6.61 Å². The normalized spacial score (nSPS) is 20.7. The average Bonchev–Trinajstić information content (AvgIpc) is 2.09. The zero-order valence-electron chi connectivity index (χ0n) is 7.38. The van der Waals surface area contributed by atoms with Crippen LogP contribution < -0.4 is 4.74 Å². The number of rotatable bonds is 0. The molecule has 1 nitrogen and oxygen atoms in total. The highest BCUT2D eigenvalue weighted by Gasteiger charge is 2.19. The van der Waals surface area contributed by atoms with Crippen LogP contribution in [0.2, 0.25) is 5.02 Å². The third-order valence-electron chi connectivity index (χ3n) is 2.30. The summed E-state index contributed by atoms with van der Waals surface area (Å²) in [5.74, 6) is 0.891. The summed E-state index contributed by atoms with van der Waals surface area (Å²) >= 11 is 10.5. The minimum atomic E-state index is 0.291. The predicted molar refractivity (Wildman–Crippen MR) is 58.0 cm³/mol. The highest BCUT2D eigenvalue weighted by atomic mass is 35.5. The summed E-state index contributed by atoms with van der Waals surface area (Å²) in [5.41, 5.74) is 2.25. The second-order valence-corrected chi connectivity index (χ2v) is 4.32. The molecule has 1 aromatic rings. The lowest BCUT2D eigenvalue weighted by molar-refractivity contribution is 0.287. The van der Waals surface area contributed by atoms with Crippen molar-refractivity contribution in [1.82, 2.24) is 0 Å². The van der Waals surface area contributed by atoms with Gasteiger partial charge in [0.15, 0.2) is 0 Å². The Morgan fingerprint density at radius 1 is 1.54 bits per heavy atom. The number of thiol groups is 1. The number of benzene rings is 1. The first-order chi connectivity index (χ1) is 6.18. The standard InChI is InChI=1S/C10H11ClOS/c1-6-4-7-9(5-8(6)11)12-3-2-10(7)13/h4-5,10,13H,2-3H2,1H3. The quantitative estimate of drug-likeness (QED) is 0.652. The Balaban J connectivity index is 2.52. The molecule has 1 atom stereocenters. The van der Waals surface area contributed by atoms with Gasteiger partial charge in [-0.05, 0) is 31.0 Å². The van der Waals surface area contributed by atoms with Gasteiger partial charge < -0.3 is 4.74 Å². The topological polar surface area (TPSA) is 9.23 Å². The summed E-state index contributed by atoms with van der Waals surface area (Å²) in [6, 6.07) is 3.95. The first-order valence-corrected chi connectivity index (χ1v) is 5.19. The fourth-order valence-electron chi connectivity index (χ4n) is 1.51. The van der Waals surface area contributed by atoms with Gasteiger partial charge in [-0.15, -0.1) is 0 Å². The van der Waals surface area contributed by atoms with Gasteiger partial charge in [0.1, 0.15) is 5.75 Å². The second kappa shape index (κ2) is 3.43. The molecule has 1 heterocycles. The smallest absolute Gasteiger partial charge is 0.125 e. The van der Waals surface area contributed by atoms with Crippen molar-refractivity contribution in [2.45, 2.75) is 18.6 Å². The molecule has 0 aromatic heterocycles. The molecule has 0 fully saturated rings. The van der Waals surface area contributed by atoms with Gasteiger partial charge in [-0.2, -0.15) is 12.6 Å². The Morgan fingerprint density at radius 3 is 3.08 bits per heavy atom. The van der Waals surface area contributed by atoms with Crippen LogP contribution in [0.5, 0.6) is 5.75 Å². The summed E-state index contributed by atoms with van der Waals surface area (Å²) in [5, 5.41) is 1.06. The van der Waals surface area contributed by atoms with E-state index >= 15 is 0 Å². The lowest BCUT2D eigenvalue weighted by Crippen LogP contribution is -2.10. The zero-order chi connectivity index (χ0) is 9.42. The fraction of sp³-hybridized carbons (Fsp3) is 0.400. The molecule has 0 aliphatic carbocycles. The van der Waals surface area contributed by atoms with E-state index in [0.717, 1.165) is 34.9 Å². The molecule has 13 heavy (non-hydrogen) atoms. The Hall–Kier alpha value is -0.340. The lowest BCUT2D eigenvalue weighted by Gasteiger charge is -2.23. The van der Waals surface area contributed by atoms with Gasteiger partial charge in [-0.25, -0.2) is 0 Å². The van der Waals surface area contributed by atoms with Crippen LogP contribution in [0.1, 0.15) is 22.8 Å². The Morgan fingerprint density at radius 2 is 2.31 bits per heavy atom. The van der Waals surface area contributed by atoms with E-state index in [4.69, 9.17) is 16.3 Å². The van der Waals surface area contributed by atoms with E-state index in [0.29, 0.717) is 5.25 Å². The van der Waals surface area contributed by atoms with Crippen molar-refractivity contribution in [3.8, 4) is 5.75 Å². The summed E-state index contributed by atoms with van der Waals surface area (Å²) in [4.78, 5) is 0. The molecular formula is C10H11ClOS. The molecule has 0 amide bonds. The molecule has 0 saturated heterocycles.